The zero-order valence-electron chi connectivity index (χ0n) is 7.92. The van der Waals surface area contributed by atoms with Crippen LogP contribution in [0.1, 0.15) is 0 Å². The monoisotopic (exact) mass is 199 g/mol. The van der Waals surface area contributed by atoms with Gasteiger partial charge in [0.25, 0.3) is 17.1 Å². The lowest BCUT2D eigenvalue weighted by atomic mass is 10.1. The van der Waals surface area contributed by atoms with E-state index in [1.165, 1.54) is 0 Å². The number of hydrogen-bond acceptors (Lipinski definition) is 3. The maximum Gasteiger partial charge on any atom is 0.286 e. The summed E-state index contributed by atoms with van der Waals surface area (Å²) in [6, 6.07) is 15.0. The zero-order valence-corrected chi connectivity index (χ0v) is 7.92. The van der Waals surface area contributed by atoms with Crippen LogP contribution in [0.3, 0.4) is 0 Å². The van der Waals surface area contributed by atoms with Crippen LogP contribution in [0.25, 0.3) is 0 Å². The van der Waals surface area contributed by atoms with Crippen LogP contribution >= 0.6 is 0 Å². The van der Waals surface area contributed by atoms with Gasteiger partial charge in [-0.25, -0.2) is 4.84 Å². The Bertz CT molecular complexity index is 474. The molecule has 1 radical (unpaired) electrons. The molecule has 15 heavy (non-hydrogen) atoms. The predicted molar refractivity (Wildman–Crippen MR) is 56.6 cm³/mol. The number of para-hydroxylation sites is 2. The topological polar surface area (TPSA) is 35.4 Å². The van der Waals surface area contributed by atoms with Gasteiger partial charge in [0.2, 0.25) is 0 Å². The molecule has 3 nitrogen and oxygen atoms in total. The lowest BCUT2D eigenvalue weighted by Gasteiger charge is -2.17. The number of aromatic hydroxyl groups is 1. The van der Waals surface area contributed by atoms with Gasteiger partial charge in [-0.3, -0.25) is 0 Å². The fourth-order valence-electron chi connectivity index (χ4n) is 1.61. The summed E-state index contributed by atoms with van der Waals surface area (Å²) in [6.45, 7) is 0. The molecule has 1 aliphatic rings. The summed E-state index contributed by atoms with van der Waals surface area (Å²) >= 11 is 0. The van der Waals surface area contributed by atoms with Gasteiger partial charge in [0.05, 0.1) is 0 Å². The maximum absolute atomic E-state index is 9.51. The summed E-state index contributed by atoms with van der Waals surface area (Å²) in [6.07, 6.45) is 0. The molecule has 0 atom stereocenters. The van der Waals surface area contributed by atoms with Gasteiger partial charge in [0.15, 0.2) is 5.75 Å². The van der Waals surface area contributed by atoms with Crippen molar-refractivity contribution in [3.05, 3.63) is 48.5 Å². The van der Waals surface area contributed by atoms with Crippen molar-refractivity contribution in [2.45, 2.75) is 0 Å². The second-order valence-corrected chi connectivity index (χ2v) is 3.34. The highest BCUT2D eigenvalue weighted by Gasteiger charge is 2.45. The minimum Gasteiger partial charge on any atom is -0.498 e. The Morgan fingerprint density at radius 3 is 2.13 bits per heavy atom. The SMILES string of the molecule is Oc1c2cccc1[N+]2Oc1ccccc1. The Balaban J connectivity index is 1.85. The van der Waals surface area contributed by atoms with Gasteiger partial charge >= 0.3 is 0 Å². The first-order valence-electron chi connectivity index (χ1n) is 4.71. The number of phenolic OH excluding ortho intramolecular Hbond substituents is 1. The van der Waals surface area contributed by atoms with Gasteiger partial charge in [0.1, 0.15) is 5.06 Å². The summed E-state index contributed by atoms with van der Waals surface area (Å²) in [5.74, 6) is 1.05. The molecule has 73 valence electrons. The van der Waals surface area contributed by atoms with Crippen molar-refractivity contribution in [2.75, 3.05) is 0 Å². The van der Waals surface area contributed by atoms with Gasteiger partial charge < -0.3 is 5.11 Å². The number of hydrogen-bond donors (Lipinski definition) is 1. The van der Waals surface area contributed by atoms with E-state index in [1.54, 1.807) is 5.06 Å². The van der Waals surface area contributed by atoms with Crippen LogP contribution in [0.2, 0.25) is 0 Å². The highest BCUT2D eigenvalue weighted by Crippen LogP contribution is 2.49. The molecule has 2 aromatic rings. The lowest BCUT2D eigenvalue weighted by molar-refractivity contribution is 0.138. The molecule has 2 aromatic carbocycles. The van der Waals surface area contributed by atoms with E-state index in [9.17, 15) is 5.11 Å². The van der Waals surface area contributed by atoms with E-state index >= 15 is 0 Å². The largest absolute Gasteiger partial charge is 0.498 e. The van der Waals surface area contributed by atoms with E-state index in [0.29, 0.717) is 17.1 Å². The van der Waals surface area contributed by atoms with Crippen LogP contribution in [-0.2, 0) is 0 Å². The molecule has 3 heteroatoms. The highest BCUT2D eigenvalue weighted by molar-refractivity contribution is 5.79. The highest BCUT2D eigenvalue weighted by atomic mass is 16.7. The molecule has 0 aromatic heterocycles. The van der Waals surface area contributed by atoms with Crippen molar-refractivity contribution in [2.24, 2.45) is 0 Å². The second kappa shape index (κ2) is 3.00. The van der Waals surface area contributed by atoms with E-state index in [0.717, 1.165) is 5.75 Å². The normalized spacial score (nSPS) is 13.3. The Morgan fingerprint density at radius 2 is 1.53 bits per heavy atom. The van der Waals surface area contributed by atoms with Crippen LogP contribution in [0.4, 0.5) is 11.4 Å². The van der Waals surface area contributed by atoms with Crippen LogP contribution in [0.15, 0.2) is 48.5 Å². The number of rotatable bonds is 2. The first-order valence-corrected chi connectivity index (χ1v) is 4.71. The molecule has 1 N–H and O–H groups in total. The molecular weight excluding hydrogens is 190 g/mol. The Hall–Kier alpha value is -2.00. The molecule has 2 bridgehead atoms. The Labute approximate surface area is 87.1 Å². The van der Waals surface area contributed by atoms with Crippen LogP contribution in [0.5, 0.6) is 11.5 Å². The van der Waals surface area contributed by atoms with Gasteiger partial charge in [0, 0.05) is 12.1 Å². The molecule has 1 aliphatic heterocycles. The third-order valence-electron chi connectivity index (χ3n) is 2.37. The van der Waals surface area contributed by atoms with E-state index in [-0.39, 0.29) is 0 Å². The lowest BCUT2D eigenvalue weighted by Crippen LogP contribution is -2.28. The first-order chi connectivity index (χ1) is 7.36. The number of nitrogens with zero attached hydrogens (tertiary/aromatic N) is 1. The van der Waals surface area contributed by atoms with E-state index in [4.69, 9.17) is 4.84 Å². The van der Waals surface area contributed by atoms with Crippen molar-refractivity contribution < 1.29 is 9.94 Å². The summed E-state index contributed by atoms with van der Waals surface area (Å²) in [5.41, 5.74) is 1.41. The standard InChI is InChI=1S/C12H9NO2/c14-12-10-7-4-8-11(12)13(10)15-9-5-2-1-3-6-9/h1-8,14H/q+1. The van der Waals surface area contributed by atoms with Gasteiger partial charge in [-0.15, -0.1) is 0 Å². The summed E-state index contributed by atoms with van der Waals surface area (Å²) in [5, 5.41) is 11.1. The van der Waals surface area contributed by atoms with Crippen molar-refractivity contribution in [1.82, 2.24) is 5.06 Å². The number of benzene rings is 2. The molecule has 0 unspecified atom stereocenters. The van der Waals surface area contributed by atoms with E-state index in [1.807, 2.05) is 48.5 Å². The zero-order chi connectivity index (χ0) is 10.3. The maximum atomic E-state index is 9.51. The third kappa shape index (κ3) is 1.17. The average Bonchev–Trinajstić information content (AvgIpc) is 2.32. The van der Waals surface area contributed by atoms with Gasteiger partial charge in [-0.1, -0.05) is 18.2 Å². The quantitative estimate of drug-likeness (QED) is 0.755. The summed E-state index contributed by atoms with van der Waals surface area (Å²) < 4.78 is 0. The summed E-state index contributed by atoms with van der Waals surface area (Å²) in [4.78, 5) is 5.58. The smallest absolute Gasteiger partial charge is 0.286 e. The van der Waals surface area contributed by atoms with Crippen molar-refractivity contribution in [1.29, 1.82) is 0 Å². The average molecular weight is 199 g/mol. The van der Waals surface area contributed by atoms with Gasteiger partial charge in [-0.2, -0.15) is 0 Å². The van der Waals surface area contributed by atoms with Crippen LogP contribution < -0.4 is 9.90 Å². The molecule has 0 fully saturated rings. The van der Waals surface area contributed by atoms with Crippen molar-refractivity contribution >= 4 is 11.4 Å². The Kier molecular flexibility index (Phi) is 1.66. The summed E-state index contributed by atoms with van der Waals surface area (Å²) in [7, 11) is 0. The predicted octanol–water partition coefficient (Wildman–Crippen LogP) is 2.80. The molecular formula is C12H9NO2+. The van der Waals surface area contributed by atoms with Crippen LogP contribution in [0, 0.1) is 0 Å². The van der Waals surface area contributed by atoms with Gasteiger partial charge in [-0.05, 0) is 18.2 Å². The molecule has 0 saturated heterocycles. The molecule has 0 saturated carbocycles. The van der Waals surface area contributed by atoms with Crippen molar-refractivity contribution in [3.63, 3.8) is 0 Å². The molecule has 1 heterocycles. The Morgan fingerprint density at radius 1 is 0.867 bits per heavy atom. The fourth-order valence-corrected chi connectivity index (χ4v) is 1.61. The minimum atomic E-state index is 0.299. The molecule has 0 spiro atoms. The number of phenols is 1. The first kappa shape index (κ1) is 8.32. The number of fused-ring (bicyclic) bond motifs is 2. The fraction of sp³-hybridized carbons (Fsp3) is 0. The van der Waals surface area contributed by atoms with E-state index < -0.39 is 0 Å². The van der Waals surface area contributed by atoms with E-state index in [2.05, 4.69) is 0 Å². The van der Waals surface area contributed by atoms with Crippen molar-refractivity contribution in [3.8, 4) is 11.5 Å². The molecule has 0 amide bonds. The molecule has 0 aliphatic carbocycles. The number of anilines is 2. The minimum absolute atomic E-state index is 0.299. The second-order valence-electron chi connectivity index (χ2n) is 3.34. The molecule has 3 rings (SSSR count). The van der Waals surface area contributed by atoms with Crippen LogP contribution in [-0.4, -0.2) is 5.11 Å². The third-order valence-corrected chi connectivity index (χ3v) is 2.37.